The number of hydrogen-bond donors (Lipinski definition) is 1. The van der Waals surface area contributed by atoms with Crippen molar-refractivity contribution >= 4 is 18.3 Å². The minimum Gasteiger partial charge on any atom is -0.341 e. The molecule has 2 fully saturated rings. The Hall–Kier alpha value is -0.280. The number of halogens is 1. The molecule has 2 aliphatic rings. The molecule has 1 amide bonds. The van der Waals surface area contributed by atoms with E-state index in [0.29, 0.717) is 11.8 Å². The fourth-order valence-electron chi connectivity index (χ4n) is 3.37. The van der Waals surface area contributed by atoms with Crippen molar-refractivity contribution in [2.24, 2.45) is 11.8 Å². The summed E-state index contributed by atoms with van der Waals surface area (Å²) in [5, 5.41) is 3.35. The first-order valence-electron chi connectivity index (χ1n) is 7.76. The molecule has 1 saturated carbocycles. The number of carbonyl (C=O) groups excluding carboxylic acids is 1. The Labute approximate surface area is 123 Å². The van der Waals surface area contributed by atoms with Crippen LogP contribution in [0.2, 0.25) is 0 Å². The van der Waals surface area contributed by atoms with E-state index < -0.39 is 0 Å². The molecule has 0 spiro atoms. The summed E-state index contributed by atoms with van der Waals surface area (Å²) in [5.41, 5.74) is 0. The average Bonchev–Trinajstić information content (AvgIpc) is 2.68. The molecule has 19 heavy (non-hydrogen) atoms. The highest BCUT2D eigenvalue weighted by Gasteiger charge is 2.24. The summed E-state index contributed by atoms with van der Waals surface area (Å²) < 4.78 is 0. The van der Waals surface area contributed by atoms with Crippen LogP contribution in [-0.4, -0.2) is 37.0 Å². The van der Waals surface area contributed by atoms with Crippen LogP contribution in [0.5, 0.6) is 0 Å². The van der Waals surface area contributed by atoms with Crippen molar-refractivity contribution in [3.8, 4) is 0 Å². The maximum atomic E-state index is 12.3. The monoisotopic (exact) mass is 288 g/mol. The minimum atomic E-state index is 0. The van der Waals surface area contributed by atoms with Crippen LogP contribution >= 0.6 is 12.4 Å². The van der Waals surface area contributed by atoms with Gasteiger partial charge in [-0.3, -0.25) is 4.79 Å². The van der Waals surface area contributed by atoms with Gasteiger partial charge in [0.25, 0.3) is 0 Å². The molecule has 1 saturated heterocycles. The molecule has 0 aromatic heterocycles. The van der Waals surface area contributed by atoms with E-state index in [1.807, 2.05) is 0 Å². The largest absolute Gasteiger partial charge is 0.341 e. The van der Waals surface area contributed by atoms with Crippen LogP contribution < -0.4 is 5.32 Å². The molecule has 1 heterocycles. The lowest BCUT2D eigenvalue weighted by Crippen LogP contribution is -2.35. The van der Waals surface area contributed by atoms with E-state index >= 15 is 0 Å². The van der Waals surface area contributed by atoms with Gasteiger partial charge in [-0.05, 0) is 24.8 Å². The van der Waals surface area contributed by atoms with Gasteiger partial charge in [-0.1, -0.05) is 39.0 Å². The highest BCUT2D eigenvalue weighted by molar-refractivity contribution is 5.85. The van der Waals surface area contributed by atoms with Crippen LogP contribution in [0.4, 0.5) is 0 Å². The molecule has 1 unspecified atom stereocenters. The van der Waals surface area contributed by atoms with E-state index in [4.69, 9.17) is 0 Å². The molecule has 0 aromatic carbocycles. The van der Waals surface area contributed by atoms with E-state index in [-0.39, 0.29) is 12.4 Å². The normalized spacial score (nSPS) is 23.3. The predicted molar refractivity (Wildman–Crippen MR) is 81.7 cm³/mol. The summed E-state index contributed by atoms with van der Waals surface area (Å²) in [5.74, 6) is 1.76. The van der Waals surface area contributed by atoms with Crippen LogP contribution in [0.3, 0.4) is 0 Å². The standard InChI is InChI=1S/C15H28N2O.ClH/c1-13(14-6-3-2-4-7-14)12-15(18)17-10-5-8-16-9-11-17;/h13-14,16H,2-12H2,1H3;1H. The zero-order valence-electron chi connectivity index (χ0n) is 12.2. The zero-order valence-corrected chi connectivity index (χ0v) is 13.0. The molecule has 1 aliphatic heterocycles. The lowest BCUT2D eigenvalue weighted by Gasteiger charge is -2.29. The molecule has 0 radical (unpaired) electrons. The molecule has 1 atom stereocenters. The Morgan fingerprint density at radius 3 is 2.63 bits per heavy atom. The number of carbonyl (C=O) groups is 1. The smallest absolute Gasteiger partial charge is 0.222 e. The molecular weight excluding hydrogens is 260 g/mol. The Balaban J connectivity index is 0.00000180. The zero-order chi connectivity index (χ0) is 12.8. The van der Waals surface area contributed by atoms with Crippen molar-refractivity contribution in [1.82, 2.24) is 10.2 Å². The maximum absolute atomic E-state index is 12.3. The summed E-state index contributed by atoms with van der Waals surface area (Å²) in [6.07, 6.45) is 8.70. The molecule has 1 aliphatic carbocycles. The van der Waals surface area contributed by atoms with Crippen LogP contribution in [0, 0.1) is 11.8 Å². The Morgan fingerprint density at radius 2 is 1.89 bits per heavy atom. The molecule has 2 rings (SSSR count). The summed E-state index contributed by atoms with van der Waals surface area (Å²) >= 11 is 0. The third-order valence-corrected chi connectivity index (χ3v) is 4.64. The van der Waals surface area contributed by atoms with Crippen molar-refractivity contribution in [2.75, 3.05) is 26.2 Å². The molecule has 3 nitrogen and oxygen atoms in total. The molecule has 0 bridgehead atoms. The van der Waals surface area contributed by atoms with Gasteiger partial charge in [-0.25, -0.2) is 0 Å². The second-order valence-electron chi connectivity index (χ2n) is 6.06. The Bertz CT molecular complexity index is 259. The minimum absolute atomic E-state index is 0. The predicted octanol–water partition coefficient (Wildman–Crippen LogP) is 2.84. The van der Waals surface area contributed by atoms with Gasteiger partial charge in [0.1, 0.15) is 0 Å². The van der Waals surface area contributed by atoms with E-state index in [0.717, 1.165) is 44.9 Å². The molecule has 4 heteroatoms. The number of hydrogen-bond acceptors (Lipinski definition) is 2. The van der Waals surface area contributed by atoms with Crippen LogP contribution in [0.25, 0.3) is 0 Å². The quantitative estimate of drug-likeness (QED) is 0.866. The topological polar surface area (TPSA) is 32.3 Å². The fourth-order valence-corrected chi connectivity index (χ4v) is 3.37. The summed E-state index contributed by atoms with van der Waals surface area (Å²) in [4.78, 5) is 14.4. The van der Waals surface area contributed by atoms with E-state index in [9.17, 15) is 4.79 Å². The van der Waals surface area contributed by atoms with Crippen molar-refractivity contribution in [3.63, 3.8) is 0 Å². The van der Waals surface area contributed by atoms with Gasteiger partial charge in [0.05, 0.1) is 0 Å². The first-order valence-corrected chi connectivity index (χ1v) is 7.76. The molecule has 1 N–H and O–H groups in total. The summed E-state index contributed by atoms with van der Waals surface area (Å²) in [6.45, 7) is 6.15. The van der Waals surface area contributed by atoms with Crippen LogP contribution in [0.1, 0.15) is 51.9 Å². The van der Waals surface area contributed by atoms with Crippen molar-refractivity contribution in [2.45, 2.75) is 51.9 Å². The van der Waals surface area contributed by atoms with Gasteiger partial charge < -0.3 is 10.2 Å². The summed E-state index contributed by atoms with van der Waals surface area (Å²) in [6, 6.07) is 0. The maximum Gasteiger partial charge on any atom is 0.222 e. The number of nitrogens with zero attached hydrogens (tertiary/aromatic N) is 1. The number of amides is 1. The van der Waals surface area contributed by atoms with Gasteiger partial charge in [-0.2, -0.15) is 0 Å². The second kappa shape index (κ2) is 8.80. The average molecular weight is 289 g/mol. The summed E-state index contributed by atoms with van der Waals surface area (Å²) in [7, 11) is 0. The fraction of sp³-hybridized carbons (Fsp3) is 0.933. The SMILES string of the molecule is CC(CC(=O)N1CCCNCC1)C1CCCCC1.Cl. The molecule has 112 valence electrons. The third kappa shape index (κ3) is 5.31. The van der Waals surface area contributed by atoms with Gasteiger partial charge in [0.15, 0.2) is 0 Å². The van der Waals surface area contributed by atoms with Crippen LogP contribution in [0.15, 0.2) is 0 Å². The van der Waals surface area contributed by atoms with Crippen molar-refractivity contribution in [3.05, 3.63) is 0 Å². The highest BCUT2D eigenvalue weighted by atomic mass is 35.5. The molecular formula is C15H29ClN2O. The van der Waals surface area contributed by atoms with Gasteiger partial charge in [0, 0.05) is 26.1 Å². The highest BCUT2D eigenvalue weighted by Crippen LogP contribution is 2.31. The van der Waals surface area contributed by atoms with Gasteiger partial charge in [-0.15, -0.1) is 12.4 Å². The van der Waals surface area contributed by atoms with Crippen molar-refractivity contribution in [1.29, 1.82) is 0 Å². The Morgan fingerprint density at radius 1 is 1.16 bits per heavy atom. The van der Waals surface area contributed by atoms with E-state index in [1.54, 1.807) is 0 Å². The van der Waals surface area contributed by atoms with E-state index in [2.05, 4.69) is 17.1 Å². The van der Waals surface area contributed by atoms with Crippen molar-refractivity contribution < 1.29 is 4.79 Å². The first kappa shape index (κ1) is 16.8. The first-order chi connectivity index (χ1) is 8.77. The lowest BCUT2D eigenvalue weighted by molar-refractivity contribution is -0.132. The van der Waals surface area contributed by atoms with E-state index in [1.165, 1.54) is 32.1 Å². The lowest BCUT2D eigenvalue weighted by atomic mass is 9.79. The third-order valence-electron chi connectivity index (χ3n) is 4.64. The van der Waals surface area contributed by atoms with Gasteiger partial charge in [0.2, 0.25) is 5.91 Å². The Kier molecular flexibility index (Phi) is 7.77. The van der Waals surface area contributed by atoms with Gasteiger partial charge >= 0.3 is 0 Å². The van der Waals surface area contributed by atoms with Crippen LogP contribution in [-0.2, 0) is 4.79 Å². The molecule has 0 aromatic rings. The number of rotatable bonds is 3. The second-order valence-corrected chi connectivity index (χ2v) is 6.06. The number of nitrogens with one attached hydrogen (secondary N) is 1.